The maximum atomic E-state index is 2.53. The molecule has 0 bridgehead atoms. The number of rotatable bonds is 11. The zero-order chi connectivity index (χ0) is 68.4. The van der Waals surface area contributed by atoms with Gasteiger partial charge in [0.1, 0.15) is 0 Å². The van der Waals surface area contributed by atoms with E-state index in [-0.39, 0.29) is 0 Å². The largest absolute Gasteiger partial charge is 0.310 e. The average molecular weight is 1320 g/mol. The summed E-state index contributed by atoms with van der Waals surface area (Å²) in [4.78, 5) is 7.44. The number of anilines is 9. The molecular formula is C99H65N5. The topological polar surface area (TPSA) is 19.6 Å². The first-order chi connectivity index (χ1) is 51.6. The third kappa shape index (κ3) is 9.07. The van der Waals surface area contributed by atoms with Crippen molar-refractivity contribution in [2.45, 2.75) is 5.41 Å². The number of para-hydroxylation sites is 5. The number of hydrogen-bond donors (Lipinski definition) is 0. The fraction of sp³-hybridized carbons (Fsp3) is 0.0101. The molecule has 2 aliphatic rings. The van der Waals surface area contributed by atoms with Crippen molar-refractivity contribution < 1.29 is 0 Å². The lowest BCUT2D eigenvalue weighted by Gasteiger charge is -2.45. The molecule has 0 N–H and O–H groups in total. The fourth-order valence-corrected chi connectivity index (χ4v) is 17.6. The third-order valence-corrected chi connectivity index (χ3v) is 22.0. The molecule has 5 nitrogen and oxygen atoms in total. The van der Waals surface area contributed by atoms with Gasteiger partial charge in [0, 0.05) is 72.7 Å². The highest BCUT2D eigenvalue weighted by atomic mass is 15.2. The van der Waals surface area contributed by atoms with Gasteiger partial charge in [-0.2, -0.15) is 0 Å². The van der Waals surface area contributed by atoms with Crippen molar-refractivity contribution in [3.05, 3.63) is 417 Å². The number of aromatic nitrogens is 2. The predicted molar refractivity (Wildman–Crippen MR) is 436 cm³/mol. The van der Waals surface area contributed by atoms with Gasteiger partial charge in [0.05, 0.1) is 38.9 Å². The molecule has 19 aromatic rings. The van der Waals surface area contributed by atoms with E-state index in [9.17, 15) is 0 Å². The molecule has 0 atom stereocenters. The van der Waals surface area contributed by atoms with E-state index in [4.69, 9.17) is 0 Å². The van der Waals surface area contributed by atoms with Crippen LogP contribution in [0.15, 0.2) is 394 Å². The molecule has 0 amide bonds. The van der Waals surface area contributed by atoms with Crippen LogP contribution in [0.1, 0.15) is 22.3 Å². The molecule has 0 unspecified atom stereocenters. The summed E-state index contributed by atoms with van der Waals surface area (Å²) in [5.41, 5.74) is 27.9. The summed E-state index contributed by atoms with van der Waals surface area (Å²) in [6.45, 7) is 0. The van der Waals surface area contributed by atoms with E-state index in [1.165, 1.54) is 110 Å². The Kier molecular flexibility index (Phi) is 13.5. The van der Waals surface area contributed by atoms with Crippen LogP contribution in [0.3, 0.4) is 0 Å². The molecule has 1 aliphatic heterocycles. The molecule has 3 heterocycles. The lowest BCUT2D eigenvalue weighted by atomic mass is 9.64. The molecule has 0 saturated carbocycles. The summed E-state index contributed by atoms with van der Waals surface area (Å²) in [6, 6.07) is 146. The molecule has 0 fully saturated rings. The molecule has 1 spiro atoms. The highest BCUT2D eigenvalue weighted by molar-refractivity contribution is 6.23. The monoisotopic (exact) mass is 1320 g/mol. The van der Waals surface area contributed by atoms with Crippen molar-refractivity contribution in [3.63, 3.8) is 0 Å². The molecule has 1 aliphatic carbocycles. The highest BCUT2D eigenvalue weighted by Crippen LogP contribution is 2.65. The second-order valence-electron chi connectivity index (χ2n) is 27.5. The molecule has 486 valence electrons. The van der Waals surface area contributed by atoms with Gasteiger partial charge in [-0.3, -0.25) is 0 Å². The van der Waals surface area contributed by atoms with Crippen LogP contribution in [0.25, 0.3) is 110 Å². The van der Waals surface area contributed by atoms with Crippen LogP contribution in [0.4, 0.5) is 51.2 Å². The number of hydrogen-bond acceptors (Lipinski definition) is 3. The summed E-state index contributed by atoms with van der Waals surface area (Å²) in [5.74, 6) is 0. The molecule has 5 heteroatoms. The number of fused-ring (bicyclic) bond motifs is 19. The van der Waals surface area contributed by atoms with Gasteiger partial charge >= 0.3 is 0 Å². The smallest absolute Gasteiger partial charge is 0.0755 e. The normalized spacial score (nSPS) is 12.7. The van der Waals surface area contributed by atoms with E-state index in [0.717, 1.165) is 73.6 Å². The van der Waals surface area contributed by atoms with Gasteiger partial charge < -0.3 is 23.8 Å². The van der Waals surface area contributed by atoms with E-state index in [0.29, 0.717) is 0 Å². The van der Waals surface area contributed by atoms with Gasteiger partial charge in [-0.05, 0) is 223 Å². The second-order valence-corrected chi connectivity index (χ2v) is 27.5. The fourth-order valence-electron chi connectivity index (χ4n) is 17.6. The zero-order valence-electron chi connectivity index (χ0n) is 56.8. The van der Waals surface area contributed by atoms with Crippen LogP contribution < -0.4 is 14.7 Å². The summed E-state index contributed by atoms with van der Waals surface area (Å²) >= 11 is 0. The minimum Gasteiger partial charge on any atom is -0.310 e. The Morgan fingerprint density at radius 2 is 0.558 bits per heavy atom. The second kappa shape index (κ2) is 23.7. The minimum absolute atomic E-state index is 0.821. The van der Waals surface area contributed by atoms with Crippen molar-refractivity contribution in [2.24, 2.45) is 0 Å². The SMILES string of the molecule is c1ccc(-c2ccc(-n3c4ccc(N(c5ccccc5)c5ccc6c(c5)C5(c7cc(N(c8ccccc8)c8ccc9c(c8)c8c%10ccccc%10ccc8n9-c8ccc(-c9ccccc9)cc8)ccc7-6)c6ccccc6N(c6ccccc6)c6ccccc65)cc4c4c5ccccc5ccc43)cc2)cc1. The van der Waals surface area contributed by atoms with Crippen molar-refractivity contribution in [1.82, 2.24) is 9.13 Å². The molecule has 17 aromatic carbocycles. The number of benzene rings is 17. The van der Waals surface area contributed by atoms with E-state index in [2.05, 4.69) is 418 Å². The van der Waals surface area contributed by atoms with E-state index >= 15 is 0 Å². The Hall–Kier alpha value is -13.7. The van der Waals surface area contributed by atoms with Crippen LogP contribution in [0, 0.1) is 0 Å². The summed E-state index contributed by atoms with van der Waals surface area (Å²) in [5, 5.41) is 9.70. The van der Waals surface area contributed by atoms with Gasteiger partial charge in [0.15, 0.2) is 0 Å². The minimum atomic E-state index is -0.821. The van der Waals surface area contributed by atoms with Crippen molar-refractivity contribution >= 4 is 116 Å². The summed E-state index contributed by atoms with van der Waals surface area (Å²) in [7, 11) is 0. The molecule has 21 rings (SSSR count). The lowest BCUT2D eigenvalue weighted by Crippen LogP contribution is -2.36. The van der Waals surface area contributed by atoms with Crippen LogP contribution in [0.2, 0.25) is 0 Å². The van der Waals surface area contributed by atoms with Gasteiger partial charge in [0.25, 0.3) is 0 Å². The quantitative estimate of drug-likeness (QED) is 0.129. The standard InChI is InChI=1S/C99H65N5/c1-6-24-66(25-7-1)68-42-48-75(49-43-68)102-91-60-54-77(62-85(91)97-81-36-18-16-28-70(81)46-58-95(97)102)100(72-30-10-3-11-31-72)79-52-56-83-84-57-53-80(65-90(84)99(89(83)64-79)87-38-20-22-40-93(87)104(74-34-14-5-15-35-74)94-41-23-21-39-88(94)99)101(73-32-12-4-13-33-73)78-55-61-92-86(63-78)98-82-37-19-17-29-71(82)47-59-96(98)103(92)76-50-44-69(45-51-76)67-26-8-2-9-27-67/h1-65H. The number of nitrogens with zero attached hydrogens (tertiary/aromatic N) is 5. The first-order valence-electron chi connectivity index (χ1n) is 35.9. The highest BCUT2D eigenvalue weighted by Gasteiger charge is 2.52. The Morgan fingerprint density at radius 1 is 0.212 bits per heavy atom. The van der Waals surface area contributed by atoms with Crippen molar-refractivity contribution in [3.8, 4) is 44.8 Å². The maximum Gasteiger partial charge on any atom is 0.0755 e. The van der Waals surface area contributed by atoms with Crippen molar-refractivity contribution in [2.75, 3.05) is 14.7 Å². The van der Waals surface area contributed by atoms with Gasteiger partial charge in [0.2, 0.25) is 0 Å². The average Bonchev–Trinajstić information content (AvgIpc) is 1.36. The summed E-state index contributed by atoms with van der Waals surface area (Å²) in [6.07, 6.45) is 0. The Morgan fingerprint density at radius 3 is 1.00 bits per heavy atom. The van der Waals surface area contributed by atoms with Gasteiger partial charge in [-0.15, -0.1) is 0 Å². The molecule has 0 saturated heterocycles. The molecule has 2 aromatic heterocycles. The van der Waals surface area contributed by atoms with Crippen molar-refractivity contribution in [1.29, 1.82) is 0 Å². The van der Waals surface area contributed by atoms with E-state index in [1.54, 1.807) is 0 Å². The molecule has 0 radical (unpaired) electrons. The molecule has 104 heavy (non-hydrogen) atoms. The first-order valence-corrected chi connectivity index (χ1v) is 35.9. The maximum absolute atomic E-state index is 2.53. The van der Waals surface area contributed by atoms with Crippen LogP contribution in [-0.2, 0) is 5.41 Å². The summed E-state index contributed by atoms with van der Waals surface area (Å²) < 4.78 is 4.91. The third-order valence-electron chi connectivity index (χ3n) is 22.0. The Labute approximate surface area is 603 Å². The van der Waals surface area contributed by atoms with Crippen LogP contribution >= 0.6 is 0 Å². The van der Waals surface area contributed by atoms with Gasteiger partial charge in [-0.25, -0.2) is 0 Å². The predicted octanol–water partition coefficient (Wildman–Crippen LogP) is 26.6. The Balaban J connectivity index is 0.779. The zero-order valence-corrected chi connectivity index (χ0v) is 56.8. The van der Waals surface area contributed by atoms with Gasteiger partial charge in [-0.1, -0.05) is 249 Å². The van der Waals surface area contributed by atoms with Crippen LogP contribution in [0.5, 0.6) is 0 Å². The molecular weight excluding hydrogens is 1260 g/mol. The Bertz CT molecular complexity index is 6200. The lowest BCUT2D eigenvalue weighted by molar-refractivity contribution is 0.752. The van der Waals surface area contributed by atoms with E-state index < -0.39 is 5.41 Å². The van der Waals surface area contributed by atoms with Crippen LogP contribution in [-0.4, -0.2) is 9.13 Å². The van der Waals surface area contributed by atoms with E-state index in [1.807, 2.05) is 0 Å². The first kappa shape index (κ1) is 59.2.